The molecule has 0 saturated heterocycles. The molecule has 0 saturated carbocycles. The summed E-state index contributed by atoms with van der Waals surface area (Å²) in [6.07, 6.45) is 9.83. The van der Waals surface area contributed by atoms with Crippen molar-refractivity contribution in [2.45, 2.75) is 0 Å². The number of allylic oxidation sites excluding steroid dienone is 4. The van der Waals surface area contributed by atoms with Gasteiger partial charge in [0.1, 0.15) is 51.2 Å². The topological polar surface area (TPSA) is 244 Å². The largest absolute Gasteiger partial charge is 0.251 e. The van der Waals surface area contributed by atoms with Crippen molar-refractivity contribution in [1.82, 2.24) is 29.9 Å². The molecule has 38 heavy (non-hydrogen) atoms. The number of aromatic nitrogens is 6. The van der Waals surface area contributed by atoms with Gasteiger partial charge >= 0.3 is 0 Å². The number of hydrogen-bond donors (Lipinski definition) is 0. The predicted octanol–water partition coefficient (Wildman–Crippen LogP) is 2.38. The van der Waals surface area contributed by atoms with Crippen LogP contribution < -0.4 is 0 Å². The first-order chi connectivity index (χ1) is 18.6. The Morgan fingerprint density at radius 3 is 1.11 bits per heavy atom. The summed E-state index contributed by atoms with van der Waals surface area (Å²) >= 11 is 0. The molecule has 1 aliphatic rings. The van der Waals surface area contributed by atoms with E-state index in [1.54, 1.807) is 61.5 Å². The zero-order valence-electron chi connectivity index (χ0n) is 18.9. The third kappa shape index (κ3) is 3.42. The monoisotopic (exact) mass is 489 g/mol. The molecule has 1 aliphatic carbocycles. The van der Waals surface area contributed by atoms with E-state index < -0.39 is 33.6 Å². The third-order valence-electron chi connectivity index (χ3n) is 5.59. The van der Waals surface area contributed by atoms with Gasteiger partial charge in [0.15, 0.2) is 5.41 Å². The first kappa shape index (κ1) is 24.3. The maximum absolute atomic E-state index is 9.20. The van der Waals surface area contributed by atoms with Crippen LogP contribution in [0.25, 0.3) is 33.1 Å². The molecule has 3 heterocycles. The highest BCUT2D eigenvalue weighted by molar-refractivity contribution is 6.17. The van der Waals surface area contributed by atoms with Crippen LogP contribution in [0.1, 0.15) is 0 Å². The molecule has 0 aliphatic heterocycles. The van der Waals surface area contributed by atoms with Gasteiger partial charge in [0.2, 0.25) is 0 Å². The zero-order chi connectivity index (χ0) is 27.3. The van der Waals surface area contributed by atoms with Crippen LogP contribution in [-0.4, -0.2) is 29.9 Å². The number of nitriles is 7. The first-order valence-electron chi connectivity index (χ1n) is 10.3. The second-order valence-electron chi connectivity index (χ2n) is 7.34. The summed E-state index contributed by atoms with van der Waals surface area (Å²) in [4.78, 5) is 26.0. The van der Waals surface area contributed by atoms with E-state index in [0.29, 0.717) is 33.1 Å². The molecular weight excluding hydrogens is 482 g/mol. The SMILES string of the molecule is N#CC1=C(C#N)C(C#N)C(C#N)(C#N)C(C#N)=C1C#N.c1cnc2c(n1)c1nccnc1c1nccnc21. The van der Waals surface area contributed by atoms with Crippen molar-refractivity contribution < 1.29 is 0 Å². The van der Waals surface area contributed by atoms with Crippen LogP contribution in [0.3, 0.4) is 0 Å². The van der Waals surface area contributed by atoms with Crippen molar-refractivity contribution in [1.29, 1.82) is 36.8 Å². The van der Waals surface area contributed by atoms with Gasteiger partial charge in [-0.25, -0.2) is 0 Å². The molecule has 0 amide bonds. The molecule has 3 aromatic heterocycles. The fourth-order valence-corrected chi connectivity index (χ4v) is 3.94. The van der Waals surface area contributed by atoms with Crippen LogP contribution in [0, 0.1) is 90.7 Å². The summed E-state index contributed by atoms with van der Waals surface area (Å²) in [6.45, 7) is 0. The van der Waals surface area contributed by atoms with Crippen molar-refractivity contribution in [3.05, 3.63) is 59.5 Å². The van der Waals surface area contributed by atoms with Gasteiger partial charge in [-0.15, -0.1) is 0 Å². The van der Waals surface area contributed by atoms with Gasteiger partial charge in [0, 0.05) is 37.2 Å². The molecule has 0 fully saturated rings. The van der Waals surface area contributed by atoms with Gasteiger partial charge in [-0.2, -0.15) is 36.8 Å². The molecule has 0 spiro atoms. The van der Waals surface area contributed by atoms with Crippen LogP contribution in [0.5, 0.6) is 0 Å². The Balaban J connectivity index is 0.000000177. The summed E-state index contributed by atoms with van der Waals surface area (Å²) in [7, 11) is 0. The zero-order valence-corrected chi connectivity index (χ0v) is 18.9. The van der Waals surface area contributed by atoms with E-state index in [0.717, 1.165) is 0 Å². The van der Waals surface area contributed by atoms with E-state index >= 15 is 0 Å². The number of rotatable bonds is 0. The molecule has 1 unspecified atom stereocenters. The Morgan fingerprint density at radius 2 is 0.868 bits per heavy atom. The Kier molecular flexibility index (Phi) is 6.26. The minimum Gasteiger partial charge on any atom is -0.251 e. The van der Waals surface area contributed by atoms with E-state index in [1.807, 2.05) is 0 Å². The van der Waals surface area contributed by atoms with Gasteiger partial charge < -0.3 is 0 Å². The predicted molar refractivity (Wildman–Crippen MR) is 125 cm³/mol. The van der Waals surface area contributed by atoms with E-state index in [1.165, 1.54) is 18.2 Å². The van der Waals surface area contributed by atoms with E-state index in [2.05, 4.69) is 29.9 Å². The standard InChI is InChI=1S/C13HN7.C12H6N6/c14-1-8-9(2-15)11(4-17)13(6-19,7-20)12(5-18)10(8)3-16;1-2-14-8-7(13-1)9-11(17-4-3-15-9)12-10(8)16-5-6-18-12/h11H;1-6H. The number of fused-ring (bicyclic) bond motifs is 6. The molecule has 0 N–H and O–H groups in total. The lowest BCUT2D eigenvalue weighted by Crippen LogP contribution is -2.34. The maximum atomic E-state index is 9.20. The van der Waals surface area contributed by atoms with Crippen LogP contribution in [0.15, 0.2) is 59.5 Å². The molecule has 0 radical (unpaired) electrons. The molecule has 172 valence electrons. The quantitative estimate of drug-likeness (QED) is 0.322. The molecule has 0 bridgehead atoms. The summed E-state index contributed by atoms with van der Waals surface area (Å²) in [5.74, 6) is -1.59. The molecule has 1 aromatic carbocycles. The summed E-state index contributed by atoms with van der Waals surface area (Å²) in [6, 6.07) is 10.9. The molecule has 13 nitrogen and oxygen atoms in total. The van der Waals surface area contributed by atoms with Gasteiger partial charge in [0.05, 0.1) is 52.6 Å². The molecule has 4 aromatic rings. The second-order valence-corrected chi connectivity index (χ2v) is 7.34. The summed E-state index contributed by atoms with van der Waals surface area (Å²) < 4.78 is 0. The van der Waals surface area contributed by atoms with E-state index in [9.17, 15) is 10.5 Å². The fourth-order valence-electron chi connectivity index (χ4n) is 3.94. The molecule has 5 rings (SSSR count). The average molecular weight is 489 g/mol. The number of nitrogens with zero attached hydrogens (tertiary/aromatic N) is 13. The van der Waals surface area contributed by atoms with Crippen LogP contribution in [0.4, 0.5) is 0 Å². The van der Waals surface area contributed by atoms with Crippen LogP contribution in [0.2, 0.25) is 0 Å². The highest BCUT2D eigenvalue weighted by atomic mass is 14.9. The van der Waals surface area contributed by atoms with Crippen molar-refractivity contribution >= 4 is 33.1 Å². The lowest BCUT2D eigenvalue weighted by molar-refractivity contribution is 0.516. The van der Waals surface area contributed by atoms with Gasteiger partial charge in [0.25, 0.3) is 0 Å². The fraction of sp³-hybridized carbons (Fsp3) is 0.0800. The molecule has 13 heteroatoms. The number of benzene rings is 1. The third-order valence-corrected chi connectivity index (χ3v) is 5.59. The Hall–Kier alpha value is -6.85. The van der Waals surface area contributed by atoms with Gasteiger partial charge in [-0.1, -0.05) is 0 Å². The lowest BCUT2D eigenvalue weighted by Gasteiger charge is -2.27. The van der Waals surface area contributed by atoms with Crippen molar-refractivity contribution in [2.75, 3.05) is 0 Å². The van der Waals surface area contributed by atoms with Crippen molar-refractivity contribution in [3.63, 3.8) is 0 Å². The van der Waals surface area contributed by atoms with Crippen LogP contribution >= 0.6 is 0 Å². The van der Waals surface area contributed by atoms with E-state index in [4.69, 9.17) is 26.3 Å². The Labute approximate surface area is 213 Å². The minimum absolute atomic E-state index is 0.445. The normalized spacial score (nSPS) is 15.4. The maximum Gasteiger partial charge on any atom is 0.200 e. The van der Waals surface area contributed by atoms with Crippen molar-refractivity contribution in [3.8, 4) is 42.5 Å². The number of hydrogen-bond acceptors (Lipinski definition) is 13. The molecule has 1 atom stereocenters. The average Bonchev–Trinajstić information content (AvgIpc) is 2.99. The van der Waals surface area contributed by atoms with Gasteiger partial charge in [-0.3, -0.25) is 29.9 Å². The Bertz CT molecular complexity index is 1790. The van der Waals surface area contributed by atoms with Crippen LogP contribution in [-0.2, 0) is 0 Å². The minimum atomic E-state index is -2.26. The van der Waals surface area contributed by atoms with E-state index in [-0.39, 0.29) is 0 Å². The highest BCUT2D eigenvalue weighted by Crippen LogP contribution is 2.46. The lowest BCUT2D eigenvalue weighted by atomic mass is 9.63. The molecular formula is C25H7N13. The summed E-state index contributed by atoms with van der Waals surface area (Å²) in [5.41, 5.74) is -0.0345. The van der Waals surface area contributed by atoms with Gasteiger partial charge in [-0.05, 0) is 0 Å². The van der Waals surface area contributed by atoms with Crippen molar-refractivity contribution in [2.24, 2.45) is 11.3 Å². The summed E-state index contributed by atoms with van der Waals surface area (Å²) in [5, 5.41) is 63.7. The smallest absolute Gasteiger partial charge is 0.200 e. The highest BCUT2D eigenvalue weighted by Gasteiger charge is 2.52. The first-order valence-corrected chi connectivity index (χ1v) is 10.3. The second kappa shape index (κ2) is 9.79. The Morgan fingerprint density at radius 1 is 0.500 bits per heavy atom.